The minimum absolute atomic E-state index is 0.146. The largest absolute Gasteiger partial charge is 0.207 e. The van der Waals surface area contributed by atoms with Gasteiger partial charge in [0.15, 0.2) is 0 Å². The summed E-state index contributed by atoms with van der Waals surface area (Å²) >= 11 is 0. The second kappa shape index (κ2) is 3.41. The van der Waals surface area contributed by atoms with Crippen LogP contribution in [0.2, 0.25) is 0 Å². The molecular formula is C13H13F. The summed E-state index contributed by atoms with van der Waals surface area (Å²) in [7, 11) is 0. The summed E-state index contributed by atoms with van der Waals surface area (Å²) in [4.78, 5) is 0. The minimum atomic E-state index is -0.146. The molecule has 0 unspecified atom stereocenters. The van der Waals surface area contributed by atoms with Gasteiger partial charge in [-0.2, -0.15) is 0 Å². The Morgan fingerprint density at radius 2 is 1.79 bits per heavy atom. The molecule has 1 heteroatoms. The predicted octanol–water partition coefficient (Wildman–Crippen LogP) is 4.10. The molecule has 0 aliphatic heterocycles. The summed E-state index contributed by atoms with van der Waals surface area (Å²) in [6, 6.07) is 11.1. The zero-order valence-electron chi connectivity index (χ0n) is 8.42. The molecule has 14 heavy (non-hydrogen) atoms. The highest BCUT2D eigenvalue weighted by Crippen LogP contribution is 2.26. The summed E-state index contributed by atoms with van der Waals surface area (Å²) in [6.07, 6.45) is 0. The molecule has 0 bridgehead atoms. The van der Waals surface area contributed by atoms with Crippen molar-refractivity contribution in [3.8, 4) is 0 Å². The molecule has 0 radical (unpaired) electrons. The highest BCUT2D eigenvalue weighted by atomic mass is 19.1. The van der Waals surface area contributed by atoms with Gasteiger partial charge in [-0.25, -0.2) is 4.39 Å². The summed E-state index contributed by atoms with van der Waals surface area (Å²) in [5.74, 6) is 0.211. The molecule has 0 aliphatic carbocycles. The van der Waals surface area contributed by atoms with Crippen molar-refractivity contribution in [3.05, 3.63) is 47.8 Å². The second-order valence-electron chi connectivity index (χ2n) is 3.87. The van der Waals surface area contributed by atoms with Crippen LogP contribution in [0.4, 0.5) is 4.39 Å². The molecule has 0 saturated carbocycles. The van der Waals surface area contributed by atoms with E-state index in [1.54, 1.807) is 12.1 Å². The van der Waals surface area contributed by atoms with Crippen LogP contribution in [-0.4, -0.2) is 0 Å². The zero-order chi connectivity index (χ0) is 10.1. The molecule has 0 heterocycles. The third kappa shape index (κ3) is 1.50. The van der Waals surface area contributed by atoms with E-state index in [0.717, 1.165) is 16.3 Å². The number of fused-ring (bicyclic) bond motifs is 1. The maximum absolute atomic E-state index is 13.3. The van der Waals surface area contributed by atoms with Crippen LogP contribution < -0.4 is 0 Å². The van der Waals surface area contributed by atoms with Crippen LogP contribution in [-0.2, 0) is 0 Å². The normalized spacial score (nSPS) is 11.1. The van der Waals surface area contributed by atoms with Gasteiger partial charge in [0.1, 0.15) is 5.82 Å². The fraction of sp³-hybridized carbons (Fsp3) is 0.231. The van der Waals surface area contributed by atoms with E-state index < -0.39 is 0 Å². The Bertz CT molecular complexity index is 458. The predicted molar refractivity (Wildman–Crippen MR) is 58.0 cm³/mol. The molecule has 0 amide bonds. The van der Waals surface area contributed by atoms with Crippen molar-refractivity contribution in [2.75, 3.05) is 0 Å². The Hall–Kier alpha value is -1.37. The SMILES string of the molecule is CC(C)c1cc(F)cc2ccccc12. The van der Waals surface area contributed by atoms with E-state index in [-0.39, 0.29) is 5.82 Å². The van der Waals surface area contributed by atoms with E-state index in [9.17, 15) is 4.39 Å². The van der Waals surface area contributed by atoms with Crippen LogP contribution in [0.3, 0.4) is 0 Å². The van der Waals surface area contributed by atoms with E-state index in [4.69, 9.17) is 0 Å². The van der Waals surface area contributed by atoms with E-state index in [1.807, 2.05) is 24.3 Å². The first-order chi connectivity index (χ1) is 6.68. The lowest BCUT2D eigenvalue weighted by molar-refractivity contribution is 0.626. The maximum atomic E-state index is 13.3. The quantitative estimate of drug-likeness (QED) is 0.632. The van der Waals surface area contributed by atoms with Crippen molar-refractivity contribution in [2.45, 2.75) is 19.8 Å². The van der Waals surface area contributed by atoms with Crippen molar-refractivity contribution in [3.63, 3.8) is 0 Å². The highest BCUT2D eigenvalue weighted by Gasteiger charge is 2.06. The third-order valence-corrected chi connectivity index (χ3v) is 2.48. The molecule has 72 valence electrons. The molecule has 0 aliphatic rings. The number of halogens is 1. The molecule has 0 aromatic heterocycles. The van der Waals surface area contributed by atoms with Crippen molar-refractivity contribution in [2.24, 2.45) is 0 Å². The Morgan fingerprint density at radius 1 is 1.07 bits per heavy atom. The molecule has 0 atom stereocenters. The number of hydrogen-bond donors (Lipinski definition) is 0. The second-order valence-corrected chi connectivity index (χ2v) is 3.87. The van der Waals surface area contributed by atoms with Crippen molar-refractivity contribution < 1.29 is 4.39 Å². The molecule has 2 aromatic rings. The average molecular weight is 188 g/mol. The van der Waals surface area contributed by atoms with Crippen LogP contribution in [0, 0.1) is 5.82 Å². The number of rotatable bonds is 1. The lowest BCUT2D eigenvalue weighted by Gasteiger charge is -2.09. The first-order valence-electron chi connectivity index (χ1n) is 4.86. The fourth-order valence-corrected chi connectivity index (χ4v) is 1.78. The Balaban J connectivity index is 2.80. The monoisotopic (exact) mass is 188 g/mol. The van der Waals surface area contributed by atoms with Crippen LogP contribution >= 0.6 is 0 Å². The fourth-order valence-electron chi connectivity index (χ4n) is 1.78. The molecule has 0 nitrogen and oxygen atoms in total. The molecule has 0 spiro atoms. The molecule has 0 saturated heterocycles. The van der Waals surface area contributed by atoms with Crippen molar-refractivity contribution in [1.29, 1.82) is 0 Å². The topological polar surface area (TPSA) is 0 Å². The third-order valence-electron chi connectivity index (χ3n) is 2.48. The number of benzene rings is 2. The summed E-state index contributed by atoms with van der Waals surface area (Å²) in [6.45, 7) is 4.17. The van der Waals surface area contributed by atoms with Crippen LogP contribution in [0.15, 0.2) is 36.4 Å². The van der Waals surface area contributed by atoms with Gasteiger partial charge < -0.3 is 0 Å². The molecule has 2 rings (SSSR count). The van der Waals surface area contributed by atoms with Gasteiger partial charge in [0.2, 0.25) is 0 Å². The first-order valence-corrected chi connectivity index (χ1v) is 4.86. The Morgan fingerprint density at radius 3 is 2.50 bits per heavy atom. The molecule has 2 aromatic carbocycles. The van der Waals surface area contributed by atoms with Gasteiger partial charge >= 0.3 is 0 Å². The van der Waals surface area contributed by atoms with Crippen molar-refractivity contribution >= 4 is 10.8 Å². The van der Waals surface area contributed by atoms with Gasteiger partial charge in [0.25, 0.3) is 0 Å². The first kappa shape index (κ1) is 9.20. The minimum Gasteiger partial charge on any atom is -0.207 e. The smallest absolute Gasteiger partial charge is 0.124 e. The lowest BCUT2D eigenvalue weighted by Crippen LogP contribution is -1.91. The van der Waals surface area contributed by atoms with Gasteiger partial charge in [0.05, 0.1) is 0 Å². The van der Waals surface area contributed by atoms with Gasteiger partial charge in [0, 0.05) is 0 Å². The van der Waals surface area contributed by atoms with E-state index in [1.165, 1.54) is 0 Å². The summed E-state index contributed by atoms with van der Waals surface area (Å²) in [5.41, 5.74) is 1.08. The highest BCUT2D eigenvalue weighted by molar-refractivity contribution is 5.86. The van der Waals surface area contributed by atoms with Gasteiger partial charge in [-0.1, -0.05) is 38.1 Å². The van der Waals surface area contributed by atoms with Gasteiger partial charge in [-0.05, 0) is 34.4 Å². The standard InChI is InChI=1S/C13H13F/c1-9(2)13-8-11(14)7-10-5-3-4-6-12(10)13/h3-9H,1-2H3. The lowest BCUT2D eigenvalue weighted by atomic mass is 9.96. The molecular weight excluding hydrogens is 175 g/mol. The zero-order valence-corrected chi connectivity index (χ0v) is 8.42. The maximum Gasteiger partial charge on any atom is 0.124 e. The van der Waals surface area contributed by atoms with E-state index in [0.29, 0.717) is 5.92 Å². The van der Waals surface area contributed by atoms with E-state index >= 15 is 0 Å². The van der Waals surface area contributed by atoms with Gasteiger partial charge in [-0.15, -0.1) is 0 Å². The Kier molecular flexibility index (Phi) is 2.24. The van der Waals surface area contributed by atoms with Crippen LogP contribution in [0.25, 0.3) is 10.8 Å². The number of hydrogen-bond acceptors (Lipinski definition) is 0. The van der Waals surface area contributed by atoms with Crippen LogP contribution in [0.1, 0.15) is 25.3 Å². The molecule has 0 N–H and O–H groups in total. The Labute approximate surface area is 83.4 Å². The summed E-state index contributed by atoms with van der Waals surface area (Å²) < 4.78 is 13.3. The average Bonchev–Trinajstić information content (AvgIpc) is 2.16. The van der Waals surface area contributed by atoms with E-state index in [2.05, 4.69) is 13.8 Å². The van der Waals surface area contributed by atoms with Crippen molar-refractivity contribution in [1.82, 2.24) is 0 Å². The molecule has 0 fully saturated rings. The van der Waals surface area contributed by atoms with Crippen LogP contribution in [0.5, 0.6) is 0 Å². The van der Waals surface area contributed by atoms with Gasteiger partial charge in [-0.3, -0.25) is 0 Å². The summed E-state index contributed by atoms with van der Waals surface area (Å²) in [5, 5.41) is 2.14.